The maximum Gasteiger partial charge on any atom is 0.187 e. The van der Waals surface area contributed by atoms with E-state index in [1.807, 2.05) is 13.8 Å². The second-order valence-corrected chi connectivity index (χ2v) is 6.28. The van der Waals surface area contributed by atoms with Crippen LogP contribution in [0.15, 0.2) is 17.2 Å². The summed E-state index contributed by atoms with van der Waals surface area (Å²) in [5.41, 5.74) is 2.81. The summed E-state index contributed by atoms with van der Waals surface area (Å²) in [6, 6.07) is 4.50. The molecule has 2 N–H and O–H groups in total. The normalized spacial score (nSPS) is 15.8. The molecule has 2 heterocycles. The quantitative estimate of drug-likeness (QED) is 0.504. The first-order chi connectivity index (χ1) is 9.65. The molecule has 0 radical (unpaired) electrons. The first-order valence-corrected chi connectivity index (χ1v) is 7.90. The molecule has 5 nitrogen and oxygen atoms in total. The van der Waals surface area contributed by atoms with Gasteiger partial charge in [0.25, 0.3) is 0 Å². The monoisotopic (exact) mass is 312 g/mol. The van der Waals surface area contributed by atoms with E-state index in [0.717, 1.165) is 31.2 Å². The van der Waals surface area contributed by atoms with E-state index in [0.29, 0.717) is 11.2 Å². The fourth-order valence-corrected chi connectivity index (χ4v) is 3.03. The number of nitrogens with zero attached hydrogens (tertiary/aromatic N) is 2. The number of nitrogens with one attached hydrogen (secondary N) is 2. The molecule has 0 spiro atoms. The van der Waals surface area contributed by atoms with Crippen LogP contribution in [-0.2, 0) is 4.74 Å². The lowest BCUT2D eigenvalue weighted by Crippen LogP contribution is -2.36. The molecule has 0 bridgehead atoms. The zero-order chi connectivity index (χ0) is 14.4. The molecule has 0 amide bonds. The highest BCUT2D eigenvalue weighted by Crippen LogP contribution is 2.25. The lowest BCUT2D eigenvalue weighted by molar-refractivity contribution is 0.123. The van der Waals surface area contributed by atoms with Gasteiger partial charge in [-0.1, -0.05) is 0 Å². The van der Waals surface area contributed by atoms with Crippen molar-refractivity contribution >= 4 is 39.9 Å². The van der Waals surface area contributed by atoms with E-state index in [1.54, 1.807) is 17.6 Å². The van der Waals surface area contributed by atoms with Gasteiger partial charge in [0.15, 0.2) is 5.11 Å². The molecule has 1 fully saturated rings. The molecule has 20 heavy (non-hydrogen) atoms. The van der Waals surface area contributed by atoms with Gasteiger partial charge in [0.2, 0.25) is 0 Å². The average Bonchev–Trinajstić information content (AvgIpc) is 2.88. The van der Waals surface area contributed by atoms with Gasteiger partial charge < -0.3 is 15.0 Å². The van der Waals surface area contributed by atoms with Gasteiger partial charge in [0.05, 0.1) is 24.4 Å². The molecule has 0 unspecified atom stereocenters. The predicted octanol–water partition coefficient (Wildman–Crippen LogP) is 1.79. The second kappa shape index (κ2) is 7.56. The molecule has 7 heteroatoms. The van der Waals surface area contributed by atoms with Gasteiger partial charge in [-0.25, -0.2) is 0 Å². The van der Waals surface area contributed by atoms with Crippen LogP contribution in [0.4, 0.5) is 5.00 Å². The number of ether oxygens (including phenoxy) is 1. The standard InChI is InChI=1S/C13H20N4OS2/c1-10(2)15-13(19)16-14-9-11-3-4-12(20-11)17-5-7-18-8-6-17/h3-4,9-10H,5-8H2,1-2H3,(H2,15,16,19)/b14-9-. The van der Waals surface area contributed by atoms with E-state index in [-0.39, 0.29) is 0 Å². The van der Waals surface area contributed by atoms with Crippen molar-refractivity contribution in [3.63, 3.8) is 0 Å². The molecule has 2 rings (SSSR count). The Hall–Kier alpha value is -1.18. The lowest BCUT2D eigenvalue weighted by Gasteiger charge is -2.27. The third kappa shape index (κ3) is 4.73. The van der Waals surface area contributed by atoms with E-state index in [4.69, 9.17) is 17.0 Å². The highest BCUT2D eigenvalue weighted by Gasteiger charge is 2.12. The van der Waals surface area contributed by atoms with E-state index >= 15 is 0 Å². The lowest BCUT2D eigenvalue weighted by atomic mass is 10.4. The van der Waals surface area contributed by atoms with Gasteiger partial charge in [-0.05, 0) is 38.2 Å². The molecule has 1 aromatic heterocycles. The van der Waals surface area contributed by atoms with Crippen molar-refractivity contribution in [2.24, 2.45) is 5.10 Å². The number of hydrogen-bond donors (Lipinski definition) is 2. The van der Waals surface area contributed by atoms with Crippen LogP contribution in [0, 0.1) is 0 Å². The third-order valence-corrected chi connectivity index (χ3v) is 4.00. The van der Waals surface area contributed by atoms with Gasteiger partial charge in [-0.15, -0.1) is 11.3 Å². The molecule has 1 aliphatic rings. The van der Waals surface area contributed by atoms with Crippen molar-refractivity contribution < 1.29 is 4.74 Å². The SMILES string of the molecule is CC(C)NC(=S)N/N=C\c1ccc(N2CCOCC2)s1. The van der Waals surface area contributed by atoms with Crippen LogP contribution in [0.5, 0.6) is 0 Å². The summed E-state index contributed by atoms with van der Waals surface area (Å²) in [4.78, 5) is 3.44. The molecule has 0 aliphatic carbocycles. The fourth-order valence-electron chi connectivity index (χ4n) is 1.81. The van der Waals surface area contributed by atoms with Crippen LogP contribution in [0.3, 0.4) is 0 Å². The number of rotatable bonds is 4. The summed E-state index contributed by atoms with van der Waals surface area (Å²) in [6.45, 7) is 7.59. The van der Waals surface area contributed by atoms with Crippen molar-refractivity contribution in [1.29, 1.82) is 0 Å². The Morgan fingerprint density at radius 2 is 2.20 bits per heavy atom. The molecule has 1 saturated heterocycles. The van der Waals surface area contributed by atoms with Crippen LogP contribution in [0.25, 0.3) is 0 Å². The van der Waals surface area contributed by atoms with E-state index in [1.165, 1.54) is 5.00 Å². The van der Waals surface area contributed by atoms with Crippen LogP contribution < -0.4 is 15.6 Å². The molecule has 0 saturated carbocycles. The zero-order valence-corrected chi connectivity index (χ0v) is 13.4. The molecule has 110 valence electrons. The maximum absolute atomic E-state index is 5.36. The minimum absolute atomic E-state index is 0.305. The number of anilines is 1. The number of thiocarbonyl (C=S) groups is 1. The van der Waals surface area contributed by atoms with Gasteiger partial charge in [0.1, 0.15) is 0 Å². The summed E-state index contributed by atoms with van der Waals surface area (Å²) >= 11 is 6.82. The molecule has 0 aromatic carbocycles. The maximum atomic E-state index is 5.36. The van der Waals surface area contributed by atoms with Crippen LogP contribution in [0.2, 0.25) is 0 Å². The molecule has 0 atom stereocenters. The Morgan fingerprint density at radius 1 is 1.45 bits per heavy atom. The topological polar surface area (TPSA) is 48.9 Å². The molecular formula is C13H20N4OS2. The number of hydrazone groups is 1. The van der Waals surface area contributed by atoms with Crippen LogP contribution in [0.1, 0.15) is 18.7 Å². The minimum atomic E-state index is 0.305. The van der Waals surface area contributed by atoms with Crippen molar-refractivity contribution in [2.75, 3.05) is 31.2 Å². The summed E-state index contributed by atoms with van der Waals surface area (Å²) in [7, 11) is 0. The largest absolute Gasteiger partial charge is 0.378 e. The Labute approximate surface area is 129 Å². The highest BCUT2D eigenvalue weighted by molar-refractivity contribution is 7.80. The van der Waals surface area contributed by atoms with Crippen LogP contribution in [-0.4, -0.2) is 43.7 Å². The van der Waals surface area contributed by atoms with Crippen molar-refractivity contribution in [1.82, 2.24) is 10.7 Å². The Morgan fingerprint density at radius 3 is 2.90 bits per heavy atom. The summed E-state index contributed by atoms with van der Waals surface area (Å²) < 4.78 is 5.36. The second-order valence-electron chi connectivity index (χ2n) is 4.77. The summed E-state index contributed by atoms with van der Waals surface area (Å²) in [6.07, 6.45) is 1.79. The fraction of sp³-hybridized carbons (Fsp3) is 0.538. The van der Waals surface area contributed by atoms with Gasteiger partial charge in [-0.2, -0.15) is 5.10 Å². The first-order valence-electron chi connectivity index (χ1n) is 6.67. The zero-order valence-electron chi connectivity index (χ0n) is 11.8. The van der Waals surface area contributed by atoms with Crippen molar-refractivity contribution in [3.05, 3.63) is 17.0 Å². The van der Waals surface area contributed by atoms with E-state index in [9.17, 15) is 0 Å². The third-order valence-electron chi connectivity index (χ3n) is 2.71. The molecule has 1 aromatic rings. The predicted molar refractivity (Wildman–Crippen MR) is 89.0 cm³/mol. The van der Waals surface area contributed by atoms with E-state index < -0.39 is 0 Å². The Kier molecular flexibility index (Phi) is 5.75. The van der Waals surface area contributed by atoms with E-state index in [2.05, 4.69) is 32.9 Å². The number of hydrogen-bond acceptors (Lipinski definition) is 5. The first kappa shape index (κ1) is 15.2. The van der Waals surface area contributed by atoms with Crippen molar-refractivity contribution in [2.45, 2.75) is 19.9 Å². The van der Waals surface area contributed by atoms with Crippen LogP contribution >= 0.6 is 23.6 Å². The minimum Gasteiger partial charge on any atom is -0.378 e. The van der Waals surface area contributed by atoms with Crippen molar-refractivity contribution in [3.8, 4) is 0 Å². The summed E-state index contributed by atoms with van der Waals surface area (Å²) in [5, 5.41) is 9.02. The molecular weight excluding hydrogens is 292 g/mol. The molecule has 1 aliphatic heterocycles. The smallest absolute Gasteiger partial charge is 0.187 e. The number of thiophene rings is 1. The summed E-state index contributed by atoms with van der Waals surface area (Å²) in [5.74, 6) is 0. The highest BCUT2D eigenvalue weighted by atomic mass is 32.1. The Balaban J connectivity index is 1.84. The Bertz CT molecular complexity index is 467. The van der Waals surface area contributed by atoms with Gasteiger partial charge in [0, 0.05) is 24.0 Å². The van der Waals surface area contributed by atoms with Gasteiger partial charge >= 0.3 is 0 Å². The average molecular weight is 312 g/mol. The number of morpholine rings is 1. The van der Waals surface area contributed by atoms with Gasteiger partial charge in [-0.3, -0.25) is 5.43 Å².